The smallest absolute Gasteiger partial charge is 0.306 e. The summed E-state index contributed by atoms with van der Waals surface area (Å²) in [7, 11) is -2.83. The fourth-order valence-electron chi connectivity index (χ4n) is 2.23. The maximum absolute atomic E-state index is 11.4. The Labute approximate surface area is 128 Å². The van der Waals surface area contributed by atoms with Crippen molar-refractivity contribution >= 4 is 32.3 Å². The van der Waals surface area contributed by atoms with Crippen molar-refractivity contribution in [3.05, 3.63) is 11.1 Å². The fourth-order valence-corrected chi connectivity index (χ4v) is 4.85. The second kappa shape index (κ2) is 7.22. The van der Waals surface area contributed by atoms with Gasteiger partial charge in [-0.25, -0.2) is 13.4 Å². The molecule has 1 saturated heterocycles. The second-order valence-corrected chi connectivity index (χ2v) is 8.19. The van der Waals surface area contributed by atoms with Gasteiger partial charge in [0.1, 0.15) is 0 Å². The predicted octanol–water partition coefficient (Wildman–Crippen LogP) is 1.49. The number of aryl methyl sites for hydroxylation is 1. The van der Waals surface area contributed by atoms with Crippen LogP contribution in [0.4, 0.5) is 5.13 Å². The van der Waals surface area contributed by atoms with E-state index in [1.807, 2.05) is 5.38 Å². The van der Waals surface area contributed by atoms with Crippen molar-refractivity contribution in [3.63, 3.8) is 0 Å². The van der Waals surface area contributed by atoms with Crippen LogP contribution in [0.2, 0.25) is 0 Å². The molecule has 0 bridgehead atoms. The molecule has 0 radical (unpaired) electrons. The van der Waals surface area contributed by atoms with Crippen LogP contribution in [0.25, 0.3) is 0 Å². The summed E-state index contributed by atoms with van der Waals surface area (Å²) >= 11 is 1.47. The molecular formula is C13H20N2O4S2. The number of sulfone groups is 1. The van der Waals surface area contributed by atoms with E-state index < -0.39 is 9.84 Å². The molecule has 0 saturated carbocycles. The number of hydrogen-bond donors (Lipinski definition) is 1. The van der Waals surface area contributed by atoms with Gasteiger partial charge in [0, 0.05) is 18.3 Å². The van der Waals surface area contributed by atoms with E-state index in [1.165, 1.54) is 11.3 Å². The summed E-state index contributed by atoms with van der Waals surface area (Å²) in [4.78, 5) is 15.7. The lowest BCUT2D eigenvalue weighted by molar-refractivity contribution is -0.143. The first-order chi connectivity index (χ1) is 9.98. The van der Waals surface area contributed by atoms with Crippen LogP contribution in [-0.4, -0.2) is 44.0 Å². The van der Waals surface area contributed by atoms with Crippen molar-refractivity contribution in [1.82, 2.24) is 4.98 Å². The Morgan fingerprint density at radius 3 is 3.05 bits per heavy atom. The van der Waals surface area contributed by atoms with E-state index in [2.05, 4.69) is 10.3 Å². The summed E-state index contributed by atoms with van der Waals surface area (Å²) in [6.45, 7) is 2.81. The highest BCUT2D eigenvalue weighted by Gasteiger charge is 2.27. The van der Waals surface area contributed by atoms with Gasteiger partial charge in [-0.3, -0.25) is 4.79 Å². The first-order valence-electron chi connectivity index (χ1n) is 7.03. The zero-order chi connectivity index (χ0) is 15.3. The highest BCUT2D eigenvalue weighted by atomic mass is 32.2. The quantitative estimate of drug-likeness (QED) is 0.761. The molecule has 8 heteroatoms. The summed E-state index contributed by atoms with van der Waals surface area (Å²) in [6.07, 6.45) is 1.61. The number of anilines is 1. The Morgan fingerprint density at radius 1 is 1.57 bits per heavy atom. The minimum Gasteiger partial charge on any atom is -0.466 e. The molecule has 1 unspecified atom stereocenters. The highest BCUT2D eigenvalue weighted by Crippen LogP contribution is 2.21. The number of nitrogens with one attached hydrogen (secondary N) is 1. The van der Waals surface area contributed by atoms with Gasteiger partial charge in [-0.05, 0) is 19.3 Å². The lowest BCUT2D eigenvalue weighted by Gasteiger charge is -2.07. The highest BCUT2D eigenvalue weighted by molar-refractivity contribution is 7.91. The molecule has 1 aliphatic heterocycles. The molecule has 21 heavy (non-hydrogen) atoms. The molecule has 1 aliphatic rings. The maximum Gasteiger partial charge on any atom is 0.306 e. The van der Waals surface area contributed by atoms with Gasteiger partial charge in [0.2, 0.25) is 0 Å². The number of thiazole rings is 1. The number of ether oxygens (including phenoxy) is 1. The molecule has 1 N–H and O–H groups in total. The summed E-state index contributed by atoms with van der Waals surface area (Å²) in [5.41, 5.74) is 0.856. The minimum absolute atomic E-state index is 0.168. The summed E-state index contributed by atoms with van der Waals surface area (Å²) < 4.78 is 27.6. The van der Waals surface area contributed by atoms with Gasteiger partial charge in [0.05, 0.1) is 30.2 Å². The Morgan fingerprint density at radius 2 is 2.38 bits per heavy atom. The number of carbonyl (C=O) groups excluding carboxylic acids is 1. The molecule has 6 nitrogen and oxygen atoms in total. The molecule has 118 valence electrons. The lowest BCUT2D eigenvalue weighted by Crippen LogP contribution is -2.15. The normalized spacial score (nSPS) is 20.3. The summed E-state index contributed by atoms with van der Waals surface area (Å²) in [5, 5.41) is 5.87. The number of aromatic nitrogens is 1. The Balaban J connectivity index is 1.74. The number of esters is 1. The van der Waals surface area contributed by atoms with Crippen molar-refractivity contribution in [3.8, 4) is 0 Å². The topological polar surface area (TPSA) is 85.4 Å². The third kappa shape index (κ3) is 5.28. The maximum atomic E-state index is 11.4. The van der Waals surface area contributed by atoms with Crippen LogP contribution in [0.3, 0.4) is 0 Å². The Bertz CT molecular complexity index is 583. The van der Waals surface area contributed by atoms with Gasteiger partial charge in [-0.1, -0.05) is 0 Å². The van der Waals surface area contributed by atoms with Gasteiger partial charge < -0.3 is 10.1 Å². The predicted molar refractivity (Wildman–Crippen MR) is 82.3 cm³/mol. The molecule has 1 aromatic rings. The molecule has 2 rings (SSSR count). The monoisotopic (exact) mass is 332 g/mol. The van der Waals surface area contributed by atoms with Gasteiger partial charge in [0.15, 0.2) is 15.0 Å². The minimum atomic E-state index is -2.83. The average Bonchev–Trinajstić information content (AvgIpc) is 3.01. The van der Waals surface area contributed by atoms with Crippen LogP contribution in [0.1, 0.15) is 25.5 Å². The average molecular weight is 332 g/mol. The molecule has 0 aliphatic carbocycles. The molecule has 1 aromatic heterocycles. The second-order valence-electron chi connectivity index (χ2n) is 5.10. The van der Waals surface area contributed by atoms with Gasteiger partial charge >= 0.3 is 5.97 Å². The lowest BCUT2D eigenvalue weighted by atomic mass is 10.1. The zero-order valence-electron chi connectivity index (χ0n) is 12.0. The molecule has 0 spiro atoms. The number of carbonyl (C=O) groups is 1. The zero-order valence-corrected chi connectivity index (χ0v) is 13.6. The van der Waals surface area contributed by atoms with E-state index in [1.54, 1.807) is 6.92 Å². The molecular weight excluding hydrogens is 312 g/mol. The SMILES string of the molecule is CCOC(=O)CCc1csc(NCC2CCS(=O)(=O)C2)n1. The van der Waals surface area contributed by atoms with Crippen LogP contribution in [0.5, 0.6) is 0 Å². The van der Waals surface area contributed by atoms with Crippen molar-refractivity contribution in [2.24, 2.45) is 5.92 Å². The molecule has 0 aromatic carbocycles. The van der Waals surface area contributed by atoms with E-state index in [-0.39, 0.29) is 17.6 Å². The van der Waals surface area contributed by atoms with E-state index in [4.69, 9.17) is 4.74 Å². The van der Waals surface area contributed by atoms with E-state index in [9.17, 15) is 13.2 Å². The standard InChI is InChI=1S/C13H20N2O4S2/c1-2-19-12(16)4-3-11-8-20-13(15-11)14-7-10-5-6-21(17,18)9-10/h8,10H,2-7,9H2,1H3,(H,14,15). The first kappa shape index (κ1) is 16.2. The van der Waals surface area contributed by atoms with Gasteiger partial charge in [0.25, 0.3) is 0 Å². The van der Waals surface area contributed by atoms with Crippen LogP contribution in [-0.2, 0) is 25.8 Å². The van der Waals surface area contributed by atoms with Crippen molar-refractivity contribution in [2.45, 2.75) is 26.2 Å². The largest absolute Gasteiger partial charge is 0.466 e. The Hall–Kier alpha value is -1.15. The van der Waals surface area contributed by atoms with Gasteiger partial charge in [-0.15, -0.1) is 11.3 Å². The summed E-state index contributed by atoms with van der Waals surface area (Å²) in [5.74, 6) is 0.515. The molecule has 1 atom stereocenters. The van der Waals surface area contributed by atoms with Gasteiger partial charge in [-0.2, -0.15) is 0 Å². The number of nitrogens with zero attached hydrogens (tertiary/aromatic N) is 1. The van der Waals surface area contributed by atoms with Crippen LogP contribution >= 0.6 is 11.3 Å². The van der Waals surface area contributed by atoms with E-state index in [0.29, 0.717) is 31.7 Å². The number of hydrogen-bond acceptors (Lipinski definition) is 7. The van der Waals surface area contributed by atoms with Crippen LogP contribution in [0, 0.1) is 5.92 Å². The van der Waals surface area contributed by atoms with Crippen molar-refractivity contribution in [2.75, 3.05) is 30.0 Å². The van der Waals surface area contributed by atoms with Crippen LogP contribution in [0.15, 0.2) is 5.38 Å². The number of rotatable bonds is 7. The van der Waals surface area contributed by atoms with E-state index >= 15 is 0 Å². The molecule has 0 amide bonds. The molecule has 1 fully saturated rings. The fraction of sp³-hybridized carbons (Fsp3) is 0.692. The Kier molecular flexibility index (Phi) is 5.58. The van der Waals surface area contributed by atoms with Crippen LogP contribution < -0.4 is 5.32 Å². The third-order valence-corrected chi connectivity index (χ3v) is 6.00. The summed E-state index contributed by atoms with van der Waals surface area (Å²) in [6, 6.07) is 0. The van der Waals surface area contributed by atoms with E-state index in [0.717, 1.165) is 17.2 Å². The van der Waals surface area contributed by atoms with Crippen molar-refractivity contribution in [1.29, 1.82) is 0 Å². The third-order valence-electron chi connectivity index (χ3n) is 3.31. The first-order valence-corrected chi connectivity index (χ1v) is 9.73. The molecule has 2 heterocycles. The van der Waals surface area contributed by atoms with Crippen molar-refractivity contribution < 1.29 is 17.9 Å².